The molecule has 0 aliphatic carbocycles. The zero-order valence-electron chi connectivity index (χ0n) is 9.86. The highest BCUT2D eigenvalue weighted by Crippen LogP contribution is 2.16. The number of carbonyl (C=O) groups excluding carboxylic acids is 2. The molecule has 1 N–H and O–H groups in total. The Morgan fingerprint density at radius 2 is 1.76 bits per heavy atom. The molecule has 17 heavy (non-hydrogen) atoms. The molecule has 0 spiro atoms. The first-order valence-corrected chi connectivity index (χ1v) is 5.39. The topological polar surface area (TPSA) is 64.6 Å². The molecule has 92 valence electrons. The van der Waals surface area contributed by atoms with E-state index in [1.807, 2.05) is 0 Å². The van der Waals surface area contributed by atoms with Gasteiger partial charge in [0.25, 0.3) is 0 Å². The van der Waals surface area contributed by atoms with Crippen molar-refractivity contribution >= 4 is 17.7 Å². The second kappa shape index (κ2) is 6.52. The first kappa shape index (κ1) is 13.0. The van der Waals surface area contributed by atoms with E-state index in [1.165, 1.54) is 0 Å². The average molecular weight is 237 g/mol. The van der Waals surface area contributed by atoms with Gasteiger partial charge in [0, 0.05) is 0 Å². The number of carbonyl (C=O) groups is 2. The summed E-state index contributed by atoms with van der Waals surface area (Å²) in [5.41, 5.74) is 0.687. The van der Waals surface area contributed by atoms with Crippen LogP contribution >= 0.6 is 0 Å². The van der Waals surface area contributed by atoms with Crippen LogP contribution in [0.2, 0.25) is 0 Å². The maximum Gasteiger partial charge on any atom is 0.411 e. The van der Waals surface area contributed by atoms with Crippen molar-refractivity contribution in [3.63, 3.8) is 0 Å². The summed E-state index contributed by atoms with van der Waals surface area (Å²) in [6.45, 7) is 3.98. The van der Waals surface area contributed by atoms with Crippen LogP contribution < -0.4 is 5.32 Å². The summed E-state index contributed by atoms with van der Waals surface area (Å²) in [7, 11) is 0. The van der Waals surface area contributed by atoms with E-state index in [0.29, 0.717) is 11.3 Å². The molecular formula is C12H15NO4. The van der Waals surface area contributed by atoms with Crippen LogP contribution in [-0.4, -0.2) is 25.3 Å². The van der Waals surface area contributed by atoms with Gasteiger partial charge in [-0.15, -0.1) is 0 Å². The first-order chi connectivity index (χ1) is 8.19. The molecule has 1 aromatic rings. The van der Waals surface area contributed by atoms with Gasteiger partial charge in [-0.05, 0) is 26.0 Å². The average Bonchev–Trinajstić information content (AvgIpc) is 2.30. The number of amides is 1. The SMILES string of the molecule is CCOC(=O)Nc1ccccc1C(=O)OCC. The Balaban J connectivity index is 2.84. The lowest BCUT2D eigenvalue weighted by molar-refractivity contribution is 0.0527. The monoisotopic (exact) mass is 237 g/mol. The lowest BCUT2D eigenvalue weighted by Crippen LogP contribution is -2.16. The molecule has 0 fully saturated rings. The van der Waals surface area contributed by atoms with Gasteiger partial charge in [-0.25, -0.2) is 9.59 Å². The Bertz CT molecular complexity index is 403. The van der Waals surface area contributed by atoms with Crippen molar-refractivity contribution < 1.29 is 19.1 Å². The highest BCUT2D eigenvalue weighted by atomic mass is 16.5. The summed E-state index contributed by atoms with van der Waals surface area (Å²) in [5.74, 6) is -0.472. The number of hydrogen-bond donors (Lipinski definition) is 1. The van der Waals surface area contributed by atoms with Crippen LogP contribution in [0.1, 0.15) is 24.2 Å². The maximum atomic E-state index is 11.6. The number of nitrogens with one attached hydrogen (secondary N) is 1. The van der Waals surface area contributed by atoms with Gasteiger partial charge >= 0.3 is 12.1 Å². The second-order valence-corrected chi connectivity index (χ2v) is 3.11. The zero-order valence-corrected chi connectivity index (χ0v) is 9.86. The lowest BCUT2D eigenvalue weighted by Gasteiger charge is -2.09. The third-order valence-electron chi connectivity index (χ3n) is 1.93. The fourth-order valence-corrected chi connectivity index (χ4v) is 1.26. The van der Waals surface area contributed by atoms with Crippen LogP contribution in [0.4, 0.5) is 10.5 Å². The van der Waals surface area contributed by atoms with Gasteiger partial charge < -0.3 is 9.47 Å². The standard InChI is InChI=1S/C12H15NO4/c1-3-16-11(14)9-7-5-6-8-10(9)13-12(15)17-4-2/h5-8H,3-4H2,1-2H3,(H,13,15). The lowest BCUT2D eigenvalue weighted by atomic mass is 10.2. The predicted molar refractivity (Wildman–Crippen MR) is 63.0 cm³/mol. The number of ether oxygens (including phenoxy) is 2. The fourth-order valence-electron chi connectivity index (χ4n) is 1.26. The Morgan fingerprint density at radius 1 is 1.12 bits per heavy atom. The molecule has 0 saturated heterocycles. The highest BCUT2D eigenvalue weighted by Gasteiger charge is 2.13. The number of rotatable bonds is 4. The van der Waals surface area contributed by atoms with E-state index >= 15 is 0 Å². The van der Waals surface area contributed by atoms with Gasteiger partial charge in [0.05, 0.1) is 24.5 Å². The van der Waals surface area contributed by atoms with Crippen LogP contribution in [-0.2, 0) is 9.47 Å². The van der Waals surface area contributed by atoms with E-state index in [4.69, 9.17) is 9.47 Å². The molecule has 5 heteroatoms. The predicted octanol–water partition coefficient (Wildman–Crippen LogP) is 2.43. The van der Waals surface area contributed by atoms with Crippen LogP contribution in [0.25, 0.3) is 0 Å². The molecule has 0 bridgehead atoms. The molecule has 0 unspecified atom stereocenters. The summed E-state index contributed by atoms with van der Waals surface area (Å²) in [6, 6.07) is 6.61. The van der Waals surface area contributed by atoms with Crippen molar-refractivity contribution in [2.75, 3.05) is 18.5 Å². The zero-order chi connectivity index (χ0) is 12.7. The Hall–Kier alpha value is -2.04. The van der Waals surface area contributed by atoms with Gasteiger partial charge in [0.15, 0.2) is 0 Å². The summed E-state index contributed by atoms with van der Waals surface area (Å²) in [4.78, 5) is 22.9. The van der Waals surface area contributed by atoms with Crippen molar-refractivity contribution in [3.8, 4) is 0 Å². The first-order valence-electron chi connectivity index (χ1n) is 5.39. The molecule has 1 rings (SSSR count). The van der Waals surface area contributed by atoms with Crippen molar-refractivity contribution in [2.24, 2.45) is 0 Å². The highest BCUT2D eigenvalue weighted by molar-refractivity contribution is 5.99. The normalized spacial score (nSPS) is 9.53. The molecule has 0 aliphatic heterocycles. The van der Waals surface area contributed by atoms with E-state index in [-0.39, 0.29) is 13.2 Å². The van der Waals surface area contributed by atoms with E-state index in [0.717, 1.165) is 0 Å². The largest absolute Gasteiger partial charge is 0.462 e. The van der Waals surface area contributed by atoms with Crippen molar-refractivity contribution in [1.29, 1.82) is 0 Å². The van der Waals surface area contributed by atoms with E-state index in [1.54, 1.807) is 38.1 Å². The summed E-state index contributed by atoms with van der Waals surface area (Å²) < 4.78 is 9.62. The maximum absolute atomic E-state index is 11.6. The van der Waals surface area contributed by atoms with Gasteiger partial charge in [-0.3, -0.25) is 5.32 Å². The van der Waals surface area contributed by atoms with Crippen LogP contribution in [0.5, 0.6) is 0 Å². The molecule has 0 atom stereocenters. The Labute approximate surface area is 99.7 Å². The molecule has 0 saturated carbocycles. The number of esters is 1. The number of hydrogen-bond acceptors (Lipinski definition) is 4. The Morgan fingerprint density at radius 3 is 2.41 bits per heavy atom. The van der Waals surface area contributed by atoms with Crippen LogP contribution in [0, 0.1) is 0 Å². The Kier molecular flexibility index (Phi) is 5.00. The molecule has 0 aliphatic rings. The van der Waals surface area contributed by atoms with Crippen molar-refractivity contribution in [2.45, 2.75) is 13.8 Å². The fraction of sp³-hybridized carbons (Fsp3) is 0.333. The van der Waals surface area contributed by atoms with Crippen molar-refractivity contribution in [1.82, 2.24) is 0 Å². The molecule has 1 aromatic carbocycles. The van der Waals surface area contributed by atoms with Crippen LogP contribution in [0.3, 0.4) is 0 Å². The van der Waals surface area contributed by atoms with E-state index < -0.39 is 12.1 Å². The molecule has 5 nitrogen and oxygen atoms in total. The second-order valence-electron chi connectivity index (χ2n) is 3.11. The molecule has 0 aromatic heterocycles. The molecule has 0 radical (unpaired) electrons. The summed E-state index contributed by atoms with van der Waals surface area (Å²) >= 11 is 0. The number of para-hydroxylation sites is 1. The number of anilines is 1. The molecule has 0 heterocycles. The van der Waals surface area contributed by atoms with Gasteiger partial charge in [-0.2, -0.15) is 0 Å². The van der Waals surface area contributed by atoms with Crippen molar-refractivity contribution in [3.05, 3.63) is 29.8 Å². The third kappa shape index (κ3) is 3.79. The molecular weight excluding hydrogens is 222 g/mol. The minimum Gasteiger partial charge on any atom is -0.462 e. The number of benzene rings is 1. The minimum absolute atomic E-state index is 0.271. The summed E-state index contributed by atoms with van der Waals surface area (Å²) in [6.07, 6.45) is -0.593. The minimum atomic E-state index is -0.593. The quantitative estimate of drug-likeness (QED) is 0.817. The van der Waals surface area contributed by atoms with Crippen LogP contribution in [0.15, 0.2) is 24.3 Å². The van der Waals surface area contributed by atoms with E-state index in [2.05, 4.69) is 5.32 Å². The smallest absolute Gasteiger partial charge is 0.411 e. The van der Waals surface area contributed by atoms with Gasteiger partial charge in [0.1, 0.15) is 0 Å². The van der Waals surface area contributed by atoms with Gasteiger partial charge in [-0.1, -0.05) is 12.1 Å². The van der Waals surface area contributed by atoms with E-state index in [9.17, 15) is 9.59 Å². The molecule has 1 amide bonds. The van der Waals surface area contributed by atoms with Gasteiger partial charge in [0.2, 0.25) is 0 Å². The third-order valence-corrected chi connectivity index (χ3v) is 1.93. The summed E-state index contributed by atoms with van der Waals surface area (Å²) in [5, 5.41) is 2.49.